The highest BCUT2D eigenvalue weighted by molar-refractivity contribution is 6.32. The van der Waals surface area contributed by atoms with Gasteiger partial charge in [-0.2, -0.15) is 0 Å². The third-order valence-electron chi connectivity index (χ3n) is 2.68. The zero-order chi connectivity index (χ0) is 12.2. The molecule has 1 rings (SSSR count). The molecule has 0 spiro atoms. The van der Waals surface area contributed by atoms with Crippen LogP contribution in [0.25, 0.3) is 0 Å². The summed E-state index contributed by atoms with van der Waals surface area (Å²) in [6.07, 6.45) is 0.924. The summed E-state index contributed by atoms with van der Waals surface area (Å²) >= 11 is 6.03. The predicted molar refractivity (Wildman–Crippen MR) is 69.1 cm³/mol. The highest BCUT2D eigenvalue weighted by atomic mass is 35.5. The molecule has 0 heterocycles. The van der Waals surface area contributed by atoms with E-state index < -0.39 is 0 Å². The van der Waals surface area contributed by atoms with Crippen LogP contribution >= 0.6 is 11.6 Å². The van der Waals surface area contributed by atoms with E-state index in [2.05, 4.69) is 13.8 Å². The smallest absolute Gasteiger partial charge is 0.138 e. The van der Waals surface area contributed by atoms with Crippen LogP contribution in [0.4, 0.5) is 0 Å². The van der Waals surface area contributed by atoms with Gasteiger partial charge in [0, 0.05) is 0 Å². The quantitative estimate of drug-likeness (QED) is 0.858. The number of ether oxygens (including phenoxy) is 1. The summed E-state index contributed by atoms with van der Waals surface area (Å²) in [5.41, 5.74) is 6.93. The zero-order valence-corrected chi connectivity index (χ0v) is 11.0. The van der Waals surface area contributed by atoms with Gasteiger partial charge in [0.05, 0.1) is 11.6 Å². The first-order chi connectivity index (χ1) is 7.44. The molecule has 1 aromatic carbocycles. The van der Waals surface area contributed by atoms with E-state index in [1.54, 1.807) is 0 Å². The Kier molecular flexibility index (Phi) is 4.63. The minimum atomic E-state index is 0.121. The molecule has 0 unspecified atom stereocenters. The third-order valence-corrected chi connectivity index (χ3v) is 2.99. The summed E-state index contributed by atoms with van der Waals surface area (Å²) in [5, 5.41) is 0.663. The molecule has 0 aromatic heterocycles. The van der Waals surface area contributed by atoms with E-state index in [-0.39, 0.29) is 5.41 Å². The SMILES string of the molecule is Cc1ccc(Cl)c(OCCC(C)(C)CN)c1. The van der Waals surface area contributed by atoms with Crippen LogP contribution in [0.5, 0.6) is 5.75 Å². The van der Waals surface area contributed by atoms with Crippen molar-refractivity contribution in [3.8, 4) is 5.75 Å². The largest absolute Gasteiger partial charge is 0.492 e. The highest BCUT2D eigenvalue weighted by Crippen LogP contribution is 2.26. The fraction of sp³-hybridized carbons (Fsp3) is 0.538. The second-order valence-corrected chi connectivity index (χ2v) is 5.31. The summed E-state index contributed by atoms with van der Waals surface area (Å²) in [6.45, 7) is 7.60. The topological polar surface area (TPSA) is 35.2 Å². The second kappa shape index (κ2) is 5.55. The van der Waals surface area contributed by atoms with E-state index in [0.29, 0.717) is 18.2 Å². The molecule has 2 N–H and O–H groups in total. The Hall–Kier alpha value is -0.730. The van der Waals surface area contributed by atoms with Crippen molar-refractivity contribution in [2.24, 2.45) is 11.1 Å². The minimum absolute atomic E-state index is 0.121. The Morgan fingerprint density at radius 1 is 1.38 bits per heavy atom. The summed E-state index contributed by atoms with van der Waals surface area (Å²) in [4.78, 5) is 0. The van der Waals surface area contributed by atoms with Crippen molar-refractivity contribution in [1.82, 2.24) is 0 Å². The van der Waals surface area contributed by atoms with Crippen LogP contribution in [0.1, 0.15) is 25.8 Å². The van der Waals surface area contributed by atoms with Crippen molar-refractivity contribution < 1.29 is 4.74 Å². The van der Waals surface area contributed by atoms with Gasteiger partial charge in [0.1, 0.15) is 5.75 Å². The predicted octanol–water partition coefficient (Wildman–Crippen LogP) is 3.40. The van der Waals surface area contributed by atoms with Gasteiger partial charge in [-0.15, -0.1) is 0 Å². The Balaban J connectivity index is 2.52. The molecular formula is C13H20ClNO. The van der Waals surface area contributed by atoms with E-state index in [9.17, 15) is 0 Å². The van der Waals surface area contributed by atoms with E-state index in [0.717, 1.165) is 17.7 Å². The molecule has 0 fully saturated rings. The minimum Gasteiger partial charge on any atom is -0.492 e. The molecule has 0 saturated carbocycles. The average Bonchev–Trinajstić information content (AvgIpc) is 2.23. The van der Waals surface area contributed by atoms with Gasteiger partial charge >= 0.3 is 0 Å². The fourth-order valence-electron chi connectivity index (χ4n) is 1.26. The molecular weight excluding hydrogens is 222 g/mol. The Labute approximate surface area is 103 Å². The van der Waals surface area contributed by atoms with Crippen molar-refractivity contribution >= 4 is 11.6 Å². The molecule has 1 aromatic rings. The number of aryl methyl sites for hydroxylation is 1. The maximum absolute atomic E-state index is 6.03. The van der Waals surface area contributed by atoms with Crippen molar-refractivity contribution in [2.75, 3.05) is 13.2 Å². The molecule has 0 aliphatic carbocycles. The number of nitrogens with two attached hydrogens (primary N) is 1. The molecule has 0 saturated heterocycles. The number of hydrogen-bond donors (Lipinski definition) is 1. The third kappa shape index (κ3) is 4.03. The van der Waals surface area contributed by atoms with Gasteiger partial charge in [-0.3, -0.25) is 0 Å². The molecule has 3 heteroatoms. The van der Waals surface area contributed by atoms with Gasteiger partial charge in [0.2, 0.25) is 0 Å². The molecule has 0 atom stereocenters. The van der Waals surface area contributed by atoms with Gasteiger partial charge in [0.25, 0.3) is 0 Å². The lowest BCUT2D eigenvalue weighted by Crippen LogP contribution is -2.25. The number of rotatable bonds is 5. The summed E-state index contributed by atoms with van der Waals surface area (Å²) in [5.74, 6) is 0.759. The Morgan fingerprint density at radius 3 is 2.69 bits per heavy atom. The van der Waals surface area contributed by atoms with Crippen molar-refractivity contribution in [1.29, 1.82) is 0 Å². The molecule has 2 nitrogen and oxygen atoms in total. The monoisotopic (exact) mass is 241 g/mol. The Bertz CT molecular complexity index is 350. The highest BCUT2D eigenvalue weighted by Gasteiger charge is 2.15. The molecule has 16 heavy (non-hydrogen) atoms. The lowest BCUT2D eigenvalue weighted by molar-refractivity contribution is 0.233. The van der Waals surface area contributed by atoms with E-state index in [1.165, 1.54) is 0 Å². The molecule has 0 aliphatic rings. The average molecular weight is 242 g/mol. The standard InChI is InChI=1S/C13H20ClNO/c1-10-4-5-11(14)12(8-10)16-7-6-13(2,3)9-15/h4-5,8H,6-7,9,15H2,1-3H3. The number of halogens is 1. The summed E-state index contributed by atoms with van der Waals surface area (Å²) in [6, 6.07) is 5.79. The van der Waals surface area contributed by atoms with Gasteiger partial charge in [-0.05, 0) is 43.0 Å². The fourth-order valence-corrected chi connectivity index (χ4v) is 1.43. The number of benzene rings is 1. The molecule has 90 valence electrons. The summed E-state index contributed by atoms with van der Waals surface area (Å²) in [7, 11) is 0. The summed E-state index contributed by atoms with van der Waals surface area (Å²) < 4.78 is 5.67. The molecule has 0 bridgehead atoms. The maximum atomic E-state index is 6.03. The lowest BCUT2D eigenvalue weighted by Gasteiger charge is -2.22. The van der Waals surface area contributed by atoms with Crippen LogP contribution in [0.3, 0.4) is 0 Å². The van der Waals surface area contributed by atoms with E-state index >= 15 is 0 Å². The van der Waals surface area contributed by atoms with E-state index in [1.807, 2.05) is 25.1 Å². The zero-order valence-electron chi connectivity index (χ0n) is 10.2. The first kappa shape index (κ1) is 13.3. The van der Waals surface area contributed by atoms with Gasteiger partial charge in [0.15, 0.2) is 0 Å². The second-order valence-electron chi connectivity index (χ2n) is 4.90. The maximum Gasteiger partial charge on any atom is 0.138 e. The van der Waals surface area contributed by atoms with Crippen LogP contribution in [0.2, 0.25) is 5.02 Å². The molecule has 0 aliphatic heterocycles. The van der Waals surface area contributed by atoms with Crippen molar-refractivity contribution in [2.45, 2.75) is 27.2 Å². The first-order valence-electron chi connectivity index (χ1n) is 5.54. The van der Waals surface area contributed by atoms with Crippen LogP contribution in [-0.4, -0.2) is 13.2 Å². The first-order valence-corrected chi connectivity index (χ1v) is 5.91. The van der Waals surface area contributed by atoms with Crippen LogP contribution in [-0.2, 0) is 0 Å². The van der Waals surface area contributed by atoms with E-state index in [4.69, 9.17) is 22.1 Å². The molecule has 0 radical (unpaired) electrons. The van der Waals surface area contributed by atoms with Gasteiger partial charge < -0.3 is 10.5 Å². The van der Waals surface area contributed by atoms with Crippen LogP contribution in [0, 0.1) is 12.3 Å². The molecule has 0 amide bonds. The number of hydrogen-bond acceptors (Lipinski definition) is 2. The van der Waals surface area contributed by atoms with Crippen LogP contribution < -0.4 is 10.5 Å². The van der Waals surface area contributed by atoms with Gasteiger partial charge in [-0.25, -0.2) is 0 Å². The van der Waals surface area contributed by atoms with Gasteiger partial charge in [-0.1, -0.05) is 31.5 Å². The van der Waals surface area contributed by atoms with Crippen molar-refractivity contribution in [3.63, 3.8) is 0 Å². The van der Waals surface area contributed by atoms with Crippen LogP contribution in [0.15, 0.2) is 18.2 Å². The van der Waals surface area contributed by atoms with Crippen molar-refractivity contribution in [3.05, 3.63) is 28.8 Å². The Morgan fingerprint density at radius 2 is 2.06 bits per heavy atom. The lowest BCUT2D eigenvalue weighted by atomic mass is 9.90. The normalized spacial score (nSPS) is 11.6.